The topological polar surface area (TPSA) is 57.2 Å². The molecule has 0 aliphatic rings. The predicted octanol–water partition coefficient (Wildman–Crippen LogP) is 5.44. The number of rotatable bonds is 9. The van der Waals surface area contributed by atoms with Gasteiger partial charge in [0.1, 0.15) is 28.7 Å². The van der Waals surface area contributed by atoms with Crippen LogP contribution >= 0.6 is 0 Å². The molecule has 0 saturated carbocycles. The van der Waals surface area contributed by atoms with E-state index >= 15 is 0 Å². The Morgan fingerprint density at radius 2 is 1.68 bits per heavy atom. The minimum Gasteiger partial charge on any atom is -0.497 e. The molecule has 0 aliphatic heterocycles. The molecule has 0 bridgehead atoms. The number of halogens is 1. The van der Waals surface area contributed by atoms with Crippen LogP contribution in [0.3, 0.4) is 0 Å². The van der Waals surface area contributed by atoms with E-state index in [0.29, 0.717) is 36.8 Å². The van der Waals surface area contributed by atoms with Crippen LogP contribution in [-0.4, -0.2) is 43.5 Å². The standard InChI is InChI=1S/C24H32FNO5/c1-17(30-20-11-8-19(25)9-12-20)13-14-26(23(27)31-24(2,3)4)16-18-7-10-21(28-5)15-22(18)29-6/h7-12,15,17H,13-14,16H2,1-6H3. The lowest BCUT2D eigenvalue weighted by molar-refractivity contribution is 0.0212. The first kappa shape index (κ1) is 24.3. The van der Waals surface area contributed by atoms with Crippen LogP contribution < -0.4 is 14.2 Å². The minimum atomic E-state index is -0.616. The van der Waals surface area contributed by atoms with Crippen molar-refractivity contribution in [2.45, 2.75) is 52.4 Å². The summed E-state index contributed by atoms with van der Waals surface area (Å²) in [4.78, 5) is 14.5. The molecule has 2 rings (SSSR count). The van der Waals surface area contributed by atoms with Gasteiger partial charge >= 0.3 is 6.09 Å². The number of amides is 1. The third-order valence-corrected chi connectivity index (χ3v) is 4.46. The predicted molar refractivity (Wildman–Crippen MR) is 117 cm³/mol. The van der Waals surface area contributed by atoms with Crippen LogP contribution in [0.25, 0.3) is 0 Å². The van der Waals surface area contributed by atoms with Gasteiger partial charge in [-0.1, -0.05) is 0 Å². The fourth-order valence-electron chi connectivity index (χ4n) is 2.89. The van der Waals surface area contributed by atoms with E-state index in [4.69, 9.17) is 18.9 Å². The number of hydrogen-bond donors (Lipinski definition) is 0. The molecule has 170 valence electrons. The molecule has 0 fully saturated rings. The van der Waals surface area contributed by atoms with Crippen molar-refractivity contribution in [1.82, 2.24) is 4.90 Å². The second-order valence-electron chi connectivity index (χ2n) is 8.25. The summed E-state index contributed by atoms with van der Waals surface area (Å²) in [5.41, 5.74) is 0.219. The number of benzene rings is 2. The Morgan fingerprint density at radius 3 is 2.26 bits per heavy atom. The molecule has 0 aromatic heterocycles. The summed E-state index contributed by atoms with van der Waals surface area (Å²) in [6.45, 7) is 8.12. The molecule has 0 spiro atoms. The van der Waals surface area contributed by atoms with Crippen molar-refractivity contribution in [3.63, 3.8) is 0 Å². The fourth-order valence-corrected chi connectivity index (χ4v) is 2.89. The summed E-state index contributed by atoms with van der Waals surface area (Å²) in [6.07, 6.45) is -0.0396. The maximum absolute atomic E-state index is 13.1. The Bertz CT molecular complexity index is 848. The van der Waals surface area contributed by atoms with Crippen molar-refractivity contribution in [3.8, 4) is 17.2 Å². The number of hydrogen-bond acceptors (Lipinski definition) is 5. The van der Waals surface area contributed by atoms with Gasteiger partial charge in [-0.15, -0.1) is 0 Å². The lowest BCUT2D eigenvalue weighted by Gasteiger charge is -2.29. The smallest absolute Gasteiger partial charge is 0.410 e. The molecule has 7 heteroatoms. The largest absolute Gasteiger partial charge is 0.497 e. The summed E-state index contributed by atoms with van der Waals surface area (Å²) >= 11 is 0. The third kappa shape index (κ3) is 8.00. The van der Waals surface area contributed by atoms with E-state index in [1.54, 1.807) is 37.3 Å². The van der Waals surface area contributed by atoms with Gasteiger partial charge in [0.15, 0.2) is 0 Å². The molecule has 1 amide bonds. The molecule has 1 unspecified atom stereocenters. The van der Waals surface area contributed by atoms with Crippen molar-refractivity contribution in [1.29, 1.82) is 0 Å². The number of ether oxygens (including phenoxy) is 4. The van der Waals surface area contributed by atoms with Crippen LogP contribution in [0.15, 0.2) is 42.5 Å². The molecule has 6 nitrogen and oxygen atoms in total. The maximum atomic E-state index is 13.1. The van der Waals surface area contributed by atoms with Crippen LogP contribution in [0.2, 0.25) is 0 Å². The first-order valence-corrected chi connectivity index (χ1v) is 10.2. The summed E-state index contributed by atoms with van der Waals surface area (Å²) in [5.74, 6) is 1.56. The lowest BCUT2D eigenvalue weighted by Crippen LogP contribution is -2.38. The quantitative estimate of drug-likeness (QED) is 0.527. The summed E-state index contributed by atoms with van der Waals surface area (Å²) in [6, 6.07) is 11.3. The molecule has 0 aliphatic carbocycles. The molecule has 0 N–H and O–H groups in total. The first-order chi connectivity index (χ1) is 14.6. The van der Waals surface area contributed by atoms with Crippen LogP contribution in [0, 0.1) is 5.82 Å². The Balaban J connectivity index is 2.11. The second-order valence-corrected chi connectivity index (χ2v) is 8.25. The number of methoxy groups -OCH3 is 2. The summed E-state index contributed by atoms with van der Waals surface area (Å²) in [5, 5.41) is 0. The third-order valence-electron chi connectivity index (χ3n) is 4.46. The van der Waals surface area contributed by atoms with Crippen molar-refractivity contribution < 1.29 is 28.1 Å². The van der Waals surface area contributed by atoms with Gasteiger partial charge in [-0.25, -0.2) is 9.18 Å². The molecule has 2 aromatic rings. The van der Waals surface area contributed by atoms with E-state index in [9.17, 15) is 9.18 Å². The minimum absolute atomic E-state index is 0.187. The zero-order valence-electron chi connectivity index (χ0n) is 19.1. The molecule has 0 radical (unpaired) electrons. The Morgan fingerprint density at radius 1 is 1.03 bits per heavy atom. The Hall–Kier alpha value is -2.96. The van der Waals surface area contributed by atoms with Crippen LogP contribution in [0.4, 0.5) is 9.18 Å². The lowest BCUT2D eigenvalue weighted by atomic mass is 10.1. The highest BCUT2D eigenvalue weighted by Gasteiger charge is 2.24. The molecule has 0 heterocycles. The summed E-state index contributed by atoms with van der Waals surface area (Å²) < 4.78 is 35.2. The molecular formula is C24H32FNO5. The van der Waals surface area contributed by atoms with Gasteiger partial charge in [0.05, 0.1) is 26.9 Å². The number of carbonyl (C=O) groups excluding carboxylic acids is 1. The van der Waals surface area contributed by atoms with Crippen molar-refractivity contribution in [2.24, 2.45) is 0 Å². The van der Waals surface area contributed by atoms with E-state index in [-0.39, 0.29) is 11.9 Å². The second kappa shape index (κ2) is 10.9. The molecule has 0 saturated heterocycles. The van der Waals surface area contributed by atoms with Crippen molar-refractivity contribution >= 4 is 6.09 Å². The average Bonchev–Trinajstić information content (AvgIpc) is 2.71. The highest BCUT2D eigenvalue weighted by atomic mass is 19.1. The van der Waals surface area contributed by atoms with E-state index < -0.39 is 11.7 Å². The maximum Gasteiger partial charge on any atom is 0.410 e. The van der Waals surface area contributed by atoms with Gasteiger partial charge in [-0.2, -0.15) is 0 Å². The zero-order valence-corrected chi connectivity index (χ0v) is 19.1. The number of carbonyl (C=O) groups is 1. The van der Waals surface area contributed by atoms with Gasteiger partial charge in [0.2, 0.25) is 0 Å². The highest BCUT2D eigenvalue weighted by molar-refractivity contribution is 5.68. The SMILES string of the molecule is COc1ccc(CN(CCC(C)Oc2ccc(F)cc2)C(=O)OC(C)(C)C)c(OC)c1. The summed E-state index contributed by atoms with van der Waals surface area (Å²) in [7, 11) is 3.17. The van der Waals surface area contributed by atoms with Crippen LogP contribution in [0.5, 0.6) is 17.2 Å². The Labute approximate surface area is 183 Å². The number of nitrogens with zero attached hydrogens (tertiary/aromatic N) is 1. The normalized spacial score (nSPS) is 12.1. The van der Waals surface area contributed by atoms with Crippen LogP contribution in [0.1, 0.15) is 39.7 Å². The first-order valence-electron chi connectivity index (χ1n) is 10.2. The molecule has 2 aromatic carbocycles. The zero-order chi connectivity index (χ0) is 23.0. The van der Waals surface area contributed by atoms with Gasteiger partial charge in [0.25, 0.3) is 0 Å². The highest BCUT2D eigenvalue weighted by Crippen LogP contribution is 2.26. The van der Waals surface area contributed by atoms with E-state index in [1.807, 2.05) is 39.8 Å². The monoisotopic (exact) mass is 433 g/mol. The van der Waals surface area contributed by atoms with E-state index in [0.717, 1.165) is 5.56 Å². The van der Waals surface area contributed by atoms with Gasteiger partial charge < -0.3 is 23.8 Å². The van der Waals surface area contributed by atoms with Gasteiger partial charge in [-0.05, 0) is 64.1 Å². The Kier molecular flexibility index (Phi) is 8.54. The molecule has 1 atom stereocenters. The van der Waals surface area contributed by atoms with Crippen LogP contribution in [-0.2, 0) is 11.3 Å². The molecule has 31 heavy (non-hydrogen) atoms. The molecular weight excluding hydrogens is 401 g/mol. The fraction of sp³-hybridized carbons (Fsp3) is 0.458. The average molecular weight is 434 g/mol. The van der Waals surface area contributed by atoms with E-state index in [2.05, 4.69) is 0 Å². The van der Waals surface area contributed by atoms with Crippen molar-refractivity contribution in [3.05, 3.63) is 53.8 Å². The van der Waals surface area contributed by atoms with Crippen molar-refractivity contribution in [2.75, 3.05) is 20.8 Å². The van der Waals surface area contributed by atoms with Gasteiger partial charge in [0, 0.05) is 24.6 Å². The van der Waals surface area contributed by atoms with Gasteiger partial charge in [-0.3, -0.25) is 0 Å². The van der Waals surface area contributed by atoms with E-state index in [1.165, 1.54) is 12.1 Å².